The van der Waals surface area contributed by atoms with Gasteiger partial charge in [0.25, 0.3) is 0 Å². The summed E-state index contributed by atoms with van der Waals surface area (Å²) in [6.07, 6.45) is -3.91. The maximum Gasteiger partial charge on any atom is 0.419 e. The van der Waals surface area contributed by atoms with Crippen LogP contribution in [0.15, 0.2) is 41.2 Å². The van der Waals surface area contributed by atoms with Crippen molar-refractivity contribution in [3.8, 4) is 0 Å². The Labute approximate surface area is 99.5 Å². The lowest BCUT2D eigenvalue weighted by atomic mass is 10.0. The second kappa shape index (κ2) is 4.45. The molecule has 0 aliphatic rings. The fourth-order valence-corrected chi connectivity index (χ4v) is 1.59. The van der Waals surface area contributed by atoms with Crippen LogP contribution in [0.4, 0.5) is 17.6 Å². The van der Waals surface area contributed by atoms with Crippen LogP contribution < -0.4 is 0 Å². The number of benzene rings is 1. The summed E-state index contributed by atoms with van der Waals surface area (Å²) in [6, 6.07) is 4.12. The molecule has 1 aromatic carbocycles. The number of alkyl halides is 3. The van der Waals surface area contributed by atoms with E-state index in [9.17, 15) is 22.7 Å². The molecule has 96 valence electrons. The summed E-state index contributed by atoms with van der Waals surface area (Å²) in [5.41, 5.74) is -1.65. The van der Waals surface area contributed by atoms with Gasteiger partial charge in [0, 0.05) is 11.1 Å². The van der Waals surface area contributed by atoms with E-state index in [1.54, 1.807) is 0 Å². The van der Waals surface area contributed by atoms with Crippen LogP contribution in [-0.2, 0) is 6.18 Å². The van der Waals surface area contributed by atoms with E-state index in [2.05, 4.69) is 4.42 Å². The fourth-order valence-electron chi connectivity index (χ4n) is 1.59. The molecule has 0 spiro atoms. The Morgan fingerprint density at radius 2 is 1.89 bits per heavy atom. The molecule has 0 bridgehead atoms. The van der Waals surface area contributed by atoms with Gasteiger partial charge in [0.05, 0.1) is 18.1 Å². The van der Waals surface area contributed by atoms with Crippen LogP contribution in [0.1, 0.15) is 22.8 Å². The van der Waals surface area contributed by atoms with Crippen molar-refractivity contribution in [2.75, 3.05) is 0 Å². The predicted octanol–water partition coefficient (Wildman–Crippen LogP) is 3.52. The quantitative estimate of drug-likeness (QED) is 0.838. The third-order valence-corrected chi connectivity index (χ3v) is 2.49. The number of aliphatic hydroxyl groups is 1. The molecule has 1 heterocycles. The van der Waals surface area contributed by atoms with Crippen molar-refractivity contribution in [2.24, 2.45) is 0 Å². The van der Waals surface area contributed by atoms with Gasteiger partial charge in [-0.05, 0) is 12.1 Å². The van der Waals surface area contributed by atoms with Crippen molar-refractivity contribution >= 4 is 0 Å². The maximum atomic E-state index is 13.7. The van der Waals surface area contributed by atoms with E-state index in [4.69, 9.17) is 0 Å². The lowest BCUT2D eigenvalue weighted by molar-refractivity contribution is -0.140. The van der Waals surface area contributed by atoms with Crippen molar-refractivity contribution in [1.29, 1.82) is 0 Å². The molecular formula is C12H8F4O2. The summed E-state index contributed by atoms with van der Waals surface area (Å²) in [7, 11) is 0. The van der Waals surface area contributed by atoms with Gasteiger partial charge in [0.1, 0.15) is 11.9 Å². The van der Waals surface area contributed by atoms with Gasteiger partial charge in [-0.1, -0.05) is 12.1 Å². The SMILES string of the molecule is OC(c1ccoc1)c1cccc(C(F)(F)F)c1F. The van der Waals surface area contributed by atoms with Crippen molar-refractivity contribution in [3.63, 3.8) is 0 Å². The van der Waals surface area contributed by atoms with Crippen LogP contribution >= 0.6 is 0 Å². The van der Waals surface area contributed by atoms with Gasteiger partial charge in [-0.2, -0.15) is 13.2 Å². The molecule has 0 amide bonds. The Balaban J connectivity index is 2.47. The average molecular weight is 260 g/mol. The van der Waals surface area contributed by atoms with Crippen molar-refractivity contribution in [2.45, 2.75) is 12.3 Å². The first-order valence-corrected chi connectivity index (χ1v) is 4.97. The molecule has 0 aliphatic carbocycles. The van der Waals surface area contributed by atoms with Crippen LogP contribution in [0.5, 0.6) is 0 Å². The third kappa shape index (κ3) is 2.24. The van der Waals surface area contributed by atoms with Gasteiger partial charge in [0.2, 0.25) is 0 Å². The molecule has 1 N–H and O–H groups in total. The fraction of sp³-hybridized carbons (Fsp3) is 0.167. The molecule has 2 rings (SSSR count). The number of hydrogen-bond donors (Lipinski definition) is 1. The zero-order valence-corrected chi connectivity index (χ0v) is 8.91. The summed E-state index contributed by atoms with van der Waals surface area (Å²) in [5.74, 6) is -1.47. The number of halogens is 4. The summed E-state index contributed by atoms with van der Waals surface area (Å²) in [6.45, 7) is 0. The lowest BCUT2D eigenvalue weighted by Gasteiger charge is -2.14. The standard InChI is InChI=1S/C12H8F4O2/c13-10-8(11(17)7-4-5-18-6-7)2-1-3-9(10)12(14,15)16/h1-6,11,17H. The average Bonchev–Trinajstić information content (AvgIpc) is 2.80. The molecule has 2 nitrogen and oxygen atoms in total. The Morgan fingerprint density at radius 1 is 1.17 bits per heavy atom. The Morgan fingerprint density at radius 3 is 2.44 bits per heavy atom. The van der Waals surface area contributed by atoms with Gasteiger partial charge < -0.3 is 9.52 Å². The Hall–Kier alpha value is -1.82. The Kier molecular flexibility index (Phi) is 3.13. The highest BCUT2D eigenvalue weighted by atomic mass is 19.4. The first-order chi connectivity index (χ1) is 8.41. The smallest absolute Gasteiger partial charge is 0.419 e. The van der Waals surface area contributed by atoms with Crippen molar-refractivity contribution < 1.29 is 27.1 Å². The second-order valence-electron chi connectivity index (χ2n) is 3.67. The van der Waals surface area contributed by atoms with Crippen molar-refractivity contribution in [1.82, 2.24) is 0 Å². The topological polar surface area (TPSA) is 33.4 Å². The van der Waals surface area contributed by atoms with Crippen LogP contribution in [0, 0.1) is 5.82 Å². The molecule has 18 heavy (non-hydrogen) atoms. The molecule has 1 unspecified atom stereocenters. The summed E-state index contributed by atoms with van der Waals surface area (Å²) in [4.78, 5) is 0. The largest absolute Gasteiger partial charge is 0.472 e. The number of hydrogen-bond acceptors (Lipinski definition) is 2. The van der Waals surface area contributed by atoms with Gasteiger partial charge in [-0.15, -0.1) is 0 Å². The maximum absolute atomic E-state index is 13.7. The van der Waals surface area contributed by atoms with E-state index in [0.717, 1.165) is 18.4 Å². The minimum absolute atomic E-state index is 0.188. The number of furan rings is 1. The zero-order valence-electron chi connectivity index (χ0n) is 8.91. The molecule has 0 saturated heterocycles. The molecule has 1 aromatic heterocycles. The van der Waals surface area contributed by atoms with Gasteiger partial charge in [0.15, 0.2) is 0 Å². The molecule has 0 radical (unpaired) electrons. The highest BCUT2D eigenvalue weighted by molar-refractivity contribution is 5.34. The van der Waals surface area contributed by atoms with E-state index in [-0.39, 0.29) is 5.56 Å². The van der Waals surface area contributed by atoms with Gasteiger partial charge >= 0.3 is 6.18 Å². The predicted molar refractivity (Wildman–Crippen MR) is 54.2 cm³/mol. The third-order valence-electron chi connectivity index (χ3n) is 2.49. The summed E-state index contributed by atoms with van der Waals surface area (Å²) < 4.78 is 55.9. The molecule has 6 heteroatoms. The molecule has 2 aromatic rings. The normalized spacial score (nSPS) is 13.6. The molecule has 1 atom stereocenters. The second-order valence-corrected chi connectivity index (χ2v) is 3.67. The van der Waals surface area contributed by atoms with Crippen LogP contribution in [0.25, 0.3) is 0 Å². The van der Waals surface area contributed by atoms with Gasteiger partial charge in [-0.3, -0.25) is 0 Å². The van der Waals surface area contributed by atoms with Crippen LogP contribution in [0.3, 0.4) is 0 Å². The van der Waals surface area contributed by atoms with Crippen molar-refractivity contribution in [3.05, 3.63) is 59.3 Å². The zero-order chi connectivity index (χ0) is 13.3. The Bertz CT molecular complexity index is 532. The molecular weight excluding hydrogens is 252 g/mol. The number of rotatable bonds is 2. The molecule has 0 saturated carbocycles. The van der Waals surface area contributed by atoms with Gasteiger partial charge in [-0.25, -0.2) is 4.39 Å². The molecule has 0 aliphatic heterocycles. The van der Waals surface area contributed by atoms with E-state index >= 15 is 0 Å². The van der Waals surface area contributed by atoms with E-state index in [0.29, 0.717) is 6.07 Å². The first-order valence-electron chi connectivity index (χ1n) is 4.97. The van der Waals surface area contributed by atoms with Crippen LogP contribution in [-0.4, -0.2) is 5.11 Å². The minimum atomic E-state index is -4.80. The summed E-state index contributed by atoms with van der Waals surface area (Å²) >= 11 is 0. The van der Waals surface area contributed by atoms with E-state index < -0.39 is 29.2 Å². The summed E-state index contributed by atoms with van der Waals surface area (Å²) in [5, 5.41) is 9.78. The lowest BCUT2D eigenvalue weighted by Crippen LogP contribution is -2.12. The monoisotopic (exact) mass is 260 g/mol. The first kappa shape index (κ1) is 12.6. The highest BCUT2D eigenvalue weighted by Gasteiger charge is 2.35. The minimum Gasteiger partial charge on any atom is -0.472 e. The number of aliphatic hydroxyl groups excluding tert-OH is 1. The molecule has 0 fully saturated rings. The van der Waals surface area contributed by atoms with E-state index in [1.807, 2.05) is 0 Å². The van der Waals surface area contributed by atoms with E-state index in [1.165, 1.54) is 12.3 Å². The highest BCUT2D eigenvalue weighted by Crippen LogP contribution is 2.35. The van der Waals surface area contributed by atoms with Crippen LogP contribution in [0.2, 0.25) is 0 Å².